The van der Waals surface area contributed by atoms with E-state index in [0.717, 1.165) is 53.9 Å². The Balaban J connectivity index is 1.83. The number of oxazole rings is 1. The lowest BCUT2D eigenvalue weighted by Crippen LogP contribution is -2.33. The van der Waals surface area contributed by atoms with Gasteiger partial charge in [-0.05, 0) is 49.3 Å². The summed E-state index contributed by atoms with van der Waals surface area (Å²) in [5.74, 6) is 0.673. The van der Waals surface area contributed by atoms with E-state index in [0.29, 0.717) is 19.0 Å². The van der Waals surface area contributed by atoms with Crippen molar-refractivity contribution in [1.82, 2.24) is 9.97 Å². The lowest BCUT2D eigenvalue weighted by atomic mass is 9.77. The number of hydrogen-bond donors (Lipinski definition) is 0. The van der Waals surface area contributed by atoms with Crippen molar-refractivity contribution in [3.05, 3.63) is 34.7 Å². The highest BCUT2D eigenvalue weighted by atomic mass is 16.5. The van der Waals surface area contributed by atoms with Gasteiger partial charge in [-0.3, -0.25) is 4.98 Å². The summed E-state index contributed by atoms with van der Waals surface area (Å²) >= 11 is 0. The number of ether oxygens (including phenoxy) is 1. The van der Waals surface area contributed by atoms with Gasteiger partial charge in [-0.1, -0.05) is 19.3 Å². The van der Waals surface area contributed by atoms with E-state index in [9.17, 15) is 0 Å². The molecule has 30 heavy (non-hydrogen) atoms. The fourth-order valence-electron chi connectivity index (χ4n) is 5.47. The quantitative estimate of drug-likeness (QED) is 0.657. The van der Waals surface area contributed by atoms with Crippen LogP contribution in [0.4, 0.5) is 0 Å². The zero-order valence-corrected chi connectivity index (χ0v) is 17.9. The second-order valence-electron chi connectivity index (χ2n) is 8.80. The Morgan fingerprint density at radius 2 is 1.87 bits per heavy atom. The van der Waals surface area contributed by atoms with Gasteiger partial charge < -0.3 is 9.15 Å². The van der Waals surface area contributed by atoms with Crippen LogP contribution in [0.3, 0.4) is 0 Å². The molecule has 1 saturated carbocycles. The third-order valence-electron chi connectivity index (χ3n) is 6.82. The topological polar surface area (TPSA) is 85.2 Å². The van der Waals surface area contributed by atoms with Crippen molar-refractivity contribution in [2.24, 2.45) is 15.4 Å². The lowest BCUT2D eigenvalue weighted by molar-refractivity contribution is 0.129. The molecule has 1 fully saturated rings. The van der Waals surface area contributed by atoms with Crippen LogP contribution >= 0.6 is 0 Å². The van der Waals surface area contributed by atoms with Crippen LogP contribution in [0, 0.1) is 6.92 Å². The Hall–Kier alpha value is -2.41. The largest absolute Gasteiger partial charge is 0.449 e. The van der Waals surface area contributed by atoms with Crippen molar-refractivity contribution < 1.29 is 9.15 Å². The molecule has 0 bridgehead atoms. The summed E-state index contributed by atoms with van der Waals surface area (Å²) in [7, 11) is 1.79. The Bertz CT molecular complexity index is 1000. The molecule has 0 atom stereocenters. The van der Waals surface area contributed by atoms with Crippen LogP contribution in [0.5, 0.6) is 0 Å². The molecule has 7 heteroatoms. The molecule has 0 saturated heterocycles. The highest BCUT2D eigenvalue weighted by molar-refractivity contribution is 6.09. The van der Waals surface area contributed by atoms with Crippen molar-refractivity contribution in [3.8, 4) is 11.3 Å². The SMILES string of the molecule is COCC1(c2nc3c(c(-c4coc(C)n4)c2C2=NN=NC2)CCCCC3)CCCC1. The predicted octanol–water partition coefficient (Wildman–Crippen LogP) is 4.94. The minimum absolute atomic E-state index is 0.0932. The first-order valence-corrected chi connectivity index (χ1v) is 11.1. The summed E-state index contributed by atoms with van der Waals surface area (Å²) in [5.41, 5.74) is 7.53. The molecular formula is C23H29N5O2. The van der Waals surface area contributed by atoms with Gasteiger partial charge in [0.15, 0.2) is 5.89 Å². The van der Waals surface area contributed by atoms with Crippen molar-refractivity contribution in [2.75, 3.05) is 20.3 Å². The van der Waals surface area contributed by atoms with Crippen LogP contribution in [-0.2, 0) is 23.0 Å². The van der Waals surface area contributed by atoms with E-state index < -0.39 is 0 Å². The molecule has 2 aromatic heterocycles. The van der Waals surface area contributed by atoms with E-state index in [1.165, 1.54) is 43.4 Å². The maximum absolute atomic E-state index is 5.76. The van der Waals surface area contributed by atoms with Crippen molar-refractivity contribution in [2.45, 2.75) is 70.1 Å². The Labute approximate surface area is 177 Å². The highest BCUT2D eigenvalue weighted by Crippen LogP contribution is 2.46. The van der Waals surface area contributed by atoms with E-state index in [-0.39, 0.29) is 5.41 Å². The highest BCUT2D eigenvalue weighted by Gasteiger charge is 2.42. The average molecular weight is 408 g/mol. The maximum atomic E-state index is 5.76. The number of fused-ring (bicyclic) bond motifs is 1. The molecule has 0 spiro atoms. The van der Waals surface area contributed by atoms with Crippen molar-refractivity contribution in [1.29, 1.82) is 0 Å². The molecule has 3 aliphatic rings. The molecule has 0 radical (unpaired) electrons. The molecule has 2 aromatic rings. The van der Waals surface area contributed by atoms with Gasteiger partial charge in [0.25, 0.3) is 0 Å². The van der Waals surface area contributed by atoms with E-state index >= 15 is 0 Å². The normalized spacial score (nSPS) is 20.3. The monoisotopic (exact) mass is 407 g/mol. The standard InChI is InChI=1S/C23H29N5O2/c1-15-25-19(13-30-15)20-16-8-4-3-5-9-17(16)26-22(21(20)18-12-24-28-27-18)23(14-29-2)10-6-7-11-23/h13H,3-12,14H2,1-2H3. The average Bonchev–Trinajstić information content (AvgIpc) is 3.48. The molecule has 0 unspecified atom stereocenters. The van der Waals surface area contributed by atoms with Crippen LogP contribution in [0.15, 0.2) is 26.1 Å². The minimum atomic E-state index is -0.0932. The molecule has 3 heterocycles. The molecule has 7 nitrogen and oxygen atoms in total. The van der Waals surface area contributed by atoms with Crippen LogP contribution in [0.2, 0.25) is 0 Å². The third kappa shape index (κ3) is 3.29. The molecular weight excluding hydrogens is 378 g/mol. The van der Waals surface area contributed by atoms with Gasteiger partial charge in [0.1, 0.15) is 18.5 Å². The molecule has 0 aromatic carbocycles. The number of rotatable bonds is 5. The molecule has 0 N–H and O–H groups in total. The summed E-state index contributed by atoms with van der Waals surface area (Å²) in [6.07, 6.45) is 11.9. The minimum Gasteiger partial charge on any atom is -0.449 e. The number of methoxy groups -OCH3 is 1. The molecule has 5 rings (SSSR count). The summed E-state index contributed by atoms with van der Waals surface area (Å²) in [5, 5.41) is 12.6. The lowest BCUT2D eigenvalue weighted by Gasteiger charge is -2.32. The van der Waals surface area contributed by atoms with Gasteiger partial charge in [-0.2, -0.15) is 5.11 Å². The van der Waals surface area contributed by atoms with E-state index in [1.807, 2.05) is 6.92 Å². The van der Waals surface area contributed by atoms with Crippen LogP contribution in [0.1, 0.15) is 73.4 Å². The van der Waals surface area contributed by atoms with Gasteiger partial charge >= 0.3 is 0 Å². The van der Waals surface area contributed by atoms with Gasteiger partial charge in [0.2, 0.25) is 0 Å². The van der Waals surface area contributed by atoms with E-state index in [1.54, 1.807) is 13.4 Å². The second kappa shape index (κ2) is 8.02. The van der Waals surface area contributed by atoms with Crippen molar-refractivity contribution >= 4 is 5.71 Å². The van der Waals surface area contributed by atoms with Crippen LogP contribution in [0.25, 0.3) is 11.3 Å². The van der Waals surface area contributed by atoms with Gasteiger partial charge in [0.05, 0.1) is 18.0 Å². The summed E-state index contributed by atoms with van der Waals surface area (Å²) in [6.45, 7) is 3.05. The fourth-order valence-corrected chi connectivity index (χ4v) is 5.47. The summed E-state index contributed by atoms with van der Waals surface area (Å²) in [6, 6.07) is 0. The van der Waals surface area contributed by atoms with Gasteiger partial charge in [0, 0.05) is 36.3 Å². The number of aryl methyl sites for hydroxylation is 2. The molecule has 0 amide bonds. The van der Waals surface area contributed by atoms with E-state index in [2.05, 4.69) is 15.4 Å². The van der Waals surface area contributed by atoms with Crippen LogP contribution < -0.4 is 0 Å². The molecule has 2 aliphatic carbocycles. The molecule has 1 aliphatic heterocycles. The number of aromatic nitrogens is 2. The smallest absolute Gasteiger partial charge is 0.191 e. The zero-order valence-electron chi connectivity index (χ0n) is 17.9. The zero-order chi connectivity index (χ0) is 20.6. The first-order valence-electron chi connectivity index (χ1n) is 11.1. The first-order chi connectivity index (χ1) is 14.7. The van der Waals surface area contributed by atoms with E-state index in [4.69, 9.17) is 19.1 Å². The molecule has 158 valence electrons. The van der Waals surface area contributed by atoms with Gasteiger partial charge in [-0.25, -0.2) is 4.98 Å². The number of pyridine rings is 1. The van der Waals surface area contributed by atoms with Crippen molar-refractivity contribution in [3.63, 3.8) is 0 Å². The third-order valence-corrected chi connectivity index (χ3v) is 6.82. The van der Waals surface area contributed by atoms with Gasteiger partial charge in [-0.15, -0.1) is 5.10 Å². The maximum Gasteiger partial charge on any atom is 0.191 e. The summed E-state index contributed by atoms with van der Waals surface area (Å²) in [4.78, 5) is 10.1. The Morgan fingerprint density at radius 1 is 1.03 bits per heavy atom. The van der Waals surface area contributed by atoms with Crippen LogP contribution in [-0.4, -0.2) is 35.9 Å². The predicted molar refractivity (Wildman–Crippen MR) is 114 cm³/mol. The fraction of sp³-hybridized carbons (Fsp3) is 0.609. The second-order valence-corrected chi connectivity index (χ2v) is 8.80. The number of nitrogens with zero attached hydrogens (tertiary/aromatic N) is 5. The number of hydrogen-bond acceptors (Lipinski definition) is 7. The Kier molecular flexibility index (Phi) is 5.23. The Morgan fingerprint density at radius 3 is 2.57 bits per heavy atom. The summed E-state index contributed by atoms with van der Waals surface area (Å²) < 4.78 is 11.4. The first kappa shape index (κ1) is 19.5.